The molecule has 0 radical (unpaired) electrons. The predicted octanol–water partition coefficient (Wildman–Crippen LogP) is 2.21. The van der Waals surface area contributed by atoms with E-state index in [9.17, 15) is 13.2 Å². The van der Waals surface area contributed by atoms with E-state index in [2.05, 4.69) is 4.98 Å². The molecule has 1 rings (SSSR count). The predicted molar refractivity (Wildman–Crippen MR) is 42.1 cm³/mol. The van der Waals surface area contributed by atoms with Crippen LogP contribution in [0.4, 0.5) is 13.2 Å². The first kappa shape index (κ1) is 10.3. The minimum absolute atomic E-state index is 0.0598. The molecule has 0 saturated carbocycles. The summed E-state index contributed by atoms with van der Waals surface area (Å²) in [6.45, 7) is -0.0598. The van der Waals surface area contributed by atoms with Crippen LogP contribution < -0.4 is 5.73 Å². The van der Waals surface area contributed by atoms with Crippen molar-refractivity contribution in [1.82, 2.24) is 4.98 Å². The Balaban J connectivity index is 3.24. The van der Waals surface area contributed by atoms with Gasteiger partial charge in [0.05, 0.1) is 10.6 Å². The van der Waals surface area contributed by atoms with Gasteiger partial charge < -0.3 is 5.73 Å². The summed E-state index contributed by atoms with van der Waals surface area (Å²) in [5.74, 6) is 0. The molecule has 1 aromatic heterocycles. The first-order valence-electron chi connectivity index (χ1n) is 3.36. The van der Waals surface area contributed by atoms with Gasteiger partial charge in [-0.1, -0.05) is 11.6 Å². The number of nitrogens with zero attached hydrogens (tertiary/aromatic N) is 1. The molecule has 0 unspecified atom stereocenters. The quantitative estimate of drug-likeness (QED) is 0.772. The van der Waals surface area contributed by atoms with Crippen molar-refractivity contribution in [3.05, 3.63) is 28.5 Å². The van der Waals surface area contributed by atoms with Crippen molar-refractivity contribution in [2.24, 2.45) is 5.73 Å². The molecule has 2 N–H and O–H groups in total. The highest BCUT2D eigenvalue weighted by Crippen LogP contribution is 2.35. The van der Waals surface area contributed by atoms with Gasteiger partial charge in [0.25, 0.3) is 0 Å². The number of rotatable bonds is 1. The average molecular weight is 211 g/mol. The minimum Gasteiger partial charge on any atom is -0.326 e. The highest BCUT2D eigenvalue weighted by Gasteiger charge is 2.34. The number of pyridine rings is 1. The number of nitrogens with two attached hydrogens (primary N) is 1. The molecule has 0 aliphatic carbocycles. The van der Waals surface area contributed by atoms with E-state index < -0.39 is 11.7 Å². The molecule has 0 amide bonds. The Morgan fingerprint density at radius 2 is 2.00 bits per heavy atom. The molecule has 0 spiro atoms. The van der Waals surface area contributed by atoms with Crippen LogP contribution in [0.25, 0.3) is 0 Å². The second kappa shape index (κ2) is 3.51. The summed E-state index contributed by atoms with van der Waals surface area (Å²) in [7, 11) is 0. The topological polar surface area (TPSA) is 38.9 Å². The molecular weight excluding hydrogens is 205 g/mol. The highest BCUT2D eigenvalue weighted by molar-refractivity contribution is 6.32. The molecule has 72 valence electrons. The van der Waals surface area contributed by atoms with Crippen LogP contribution in [0.1, 0.15) is 11.1 Å². The molecule has 0 atom stereocenters. The van der Waals surface area contributed by atoms with Crippen LogP contribution >= 0.6 is 11.6 Å². The molecule has 0 aliphatic heterocycles. The van der Waals surface area contributed by atoms with Gasteiger partial charge in [0.2, 0.25) is 0 Å². The second-order valence-corrected chi connectivity index (χ2v) is 2.74. The summed E-state index contributed by atoms with van der Waals surface area (Å²) in [5.41, 5.74) is 4.42. The molecule has 0 saturated heterocycles. The van der Waals surface area contributed by atoms with Crippen LogP contribution in [0.3, 0.4) is 0 Å². The number of aromatic nitrogens is 1. The average Bonchev–Trinajstić information content (AvgIpc) is 2.02. The summed E-state index contributed by atoms with van der Waals surface area (Å²) in [4.78, 5) is 3.40. The van der Waals surface area contributed by atoms with Crippen molar-refractivity contribution < 1.29 is 13.2 Å². The highest BCUT2D eigenvalue weighted by atomic mass is 35.5. The van der Waals surface area contributed by atoms with Crippen LogP contribution in [-0.2, 0) is 12.7 Å². The van der Waals surface area contributed by atoms with Gasteiger partial charge in [-0.3, -0.25) is 4.98 Å². The minimum atomic E-state index is -4.48. The number of halogens is 4. The van der Waals surface area contributed by atoms with Gasteiger partial charge in [0.15, 0.2) is 0 Å². The Labute approximate surface area is 77.5 Å². The fourth-order valence-corrected chi connectivity index (χ4v) is 1.11. The van der Waals surface area contributed by atoms with Crippen molar-refractivity contribution in [2.45, 2.75) is 12.7 Å². The lowest BCUT2D eigenvalue weighted by molar-refractivity contribution is -0.137. The molecule has 1 heterocycles. The summed E-state index contributed by atoms with van der Waals surface area (Å²) >= 11 is 5.45. The zero-order chi connectivity index (χ0) is 10.1. The Kier molecular flexibility index (Phi) is 2.77. The normalized spacial score (nSPS) is 11.8. The largest absolute Gasteiger partial charge is 0.419 e. The maximum Gasteiger partial charge on any atom is 0.419 e. The number of hydrogen-bond donors (Lipinski definition) is 1. The molecule has 0 aromatic carbocycles. The molecule has 0 fully saturated rings. The third kappa shape index (κ3) is 2.10. The molecule has 0 aliphatic rings. The van der Waals surface area contributed by atoms with E-state index in [0.29, 0.717) is 6.20 Å². The van der Waals surface area contributed by atoms with Crippen molar-refractivity contribution in [1.29, 1.82) is 0 Å². The van der Waals surface area contributed by atoms with E-state index in [-0.39, 0.29) is 17.1 Å². The summed E-state index contributed by atoms with van der Waals surface area (Å²) in [5, 5.41) is -0.370. The molecule has 1 aromatic rings. The maximum atomic E-state index is 12.2. The zero-order valence-electron chi connectivity index (χ0n) is 6.40. The maximum absolute atomic E-state index is 12.2. The fourth-order valence-electron chi connectivity index (χ4n) is 0.828. The van der Waals surface area contributed by atoms with Crippen LogP contribution in [0.15, 0.2) is 12.4 Å². The van der Waals surface area contributed by atoms with Crippen LogP contribution in [-0.4, -0.2) is 4.98 Å². The molecule has 0 bridgehead atoms. The standard InChI is InChI=1S/C7H6ClF3N2/c8-6-4(1-12)2-13-3-5(6)7(9,10)11/h2-3H,1,12H2. The first-order chi connectivity index (χ1) is 5.96. The van der Waals surface area contributed by atoms with Crippen LogP contribution in [0, 0.1) is 0 Å². The van der Waals surface area contributed by atoms with Gasteiger partial charge in [0, 0.05) is 24.5 Å². The molecule has 6 heteroatoms. The lowest BCUT2D eigenvalue weighted by Crippen LogP contribution is -2.09. The Hall–Kier alpha value is -0.810. The summed E-state index contributed by atoms with van der Waals surface area (Å²) in [6.07, 6.45) is -2.58. The van der Waals surface area contributed by atoms with Crippen LogP contribution in [0.5, 0.6) is 0 Å². The Bertz CT molecular complexity index is 311. The zero-order valence-corrected chi connectivity index (χ0v) is 7.15. The van der Waals surface area contributed by atoms with E-state index >= 15 is 0 Å². The lowest BCUT2D eigenvalue weighted by Gasteiger charge is -2.09. The number of hydrogen-bond acceptors (Lipinski definition) is 2. The Morgan fingerprint density at radius 1 is 1.38 bits per heavy atom. The van der Waals surface area contributed by atoms with Gasteiger partial charge in [-0.2, -0.15) is 13.2 Å². The summed E-state index contributed by atoms with van der Waals surface area (Å²) < 4.78 is 36.6. The third-order valence-electron chi connectivity index (χ3n) is 1.48. The van der Waals surface area contributed by atoms with E-state index in [1.165, 1.54) is 6.20 Å². The van der Waals surface area contributed by atoms with Gasteiger partial charge in [0.1, 0.15) is 0 Å². The number of alkyl halides is 3. The lowest BCUT2D eigenvalue weighted by atomic mass is 10.2. The van der Waals surface area contributed by atoms with Crippen molar-refractivity contribution in [2.75, 3.05) is 0 Å². The van der Waals surface area contributed by atoms with Gasteiger partial charge in [-0.15, -0.1) is 0 Å². The molecule has 2 nitrogen and oxygen atoms in total. The van der Waals surface area contributed by atoms with E-state index in [1.54, 1.807) is 0 Å². The smallest absolute Gasteiger partial charge is 0.326 e. The summed E-state index contributed by atoms with van der Waals surface area (Å²) in [6, 6.07) is 0. The fraction of sp³-hybridized carbons (Fsp3) is 0.286. The van der Waals surface area contributed by atoms with Gasteiger partial charge >= 0.3 is 6.18 Å². The SMILES string of the molecule is NCc1cncc(C(F)(F)F)c1Cl. The van der Waals surface area contributed by atoms with Gasteiger partial charge in [-0.25, -0.2) is 0 Å². The first-order valence-corrected chi connectivity index (χ1v) is 3.74. The molecular formula is C7H6ClF3N2. The van der Waals surface area contributed by atoms with E-state index in [4.69, 9.17) is 17.3 Å². The Morgan fingerprint density at radius 3 is 2.46 bits per heavy atom. The monoisotopic (exact) mass is 210 g/mol. The second-order valence-electron chi connectivity index (χ2n) is 2.36. The van der Waals surface area contributed by atoms with E-state index in [1.807, 2.05) is 0 Å². The molecule has 13 heavy (non-hydrogen) atoms. The van der Waals surface area contributed by atoms with Crippen molar-refractivity contribution in [3.63, 3.8) is 0 Å². The van der Waals surface area contributed by atoms with E-state index in [0.717, 1.165) is 0 Å². The van der Waals surface area contributed by atoms with Gasteiger partial charge in [-0.05, 0) is 0 Å². The van der Waals surface area contributed by atoms with Crippen LogP contribution in [0.2, 0.25) is 5.02 Å². The third-order valence-corrected chi connectivity index (χ3v) is 1.92. The van der Waals surface area contributed by atoms with Crippen molar-refractivity contribution >= 4 is 11.6 Å². The van der Waals surface area contributed by atoms with Crippen molar-refractivity contribution in [3.8, 4) is 0 Å².